The lowest BCUT2D eigenvalue weighted by Crippen LogP contribution is -2.19. The Morgan fingerprint density at radius 3 is 2.79 bits per heavy atom. The number of aryl methyl sites for hydroxylation is 1. The zero-order valence-electron chi connectivity index (χ0n) is 14.2. The van der Waals surface area contributed by atoms with Gasteiger partial charge in [0.2, 0.25) is 6.79 Å². The molecule has 1 aliphatic rings. The van der Waals surface area contributed by atoms with Gasteiger partial charge in [0.25, 0.3) is 0 Å². The fourth-order valence-corrected chi connectivity index (χ4v) is 2.86. The Labute approximate surface area is 148 Å². The topological polar surface area (TPSA) is 68.5 Å². The molecule has 0 saturated carbocycles. The molecular weight excluding hydrogens is 330 g/mol. The van der Waals surface area contributed by atoms with E-state index in [4.69, 9.17) is 14.6 Å². The summed E-state index contributed by atoms with van der Waals surface area (Å²) in [5, 5.41) is 17.1. The molecule has 3 rings (SSSR count). The van der Waals surface area contributed by atoms with E-state index >= 15 is 0 Å². The molecule has 0 amide bonds. The molecular formula is C17H24ClN3O3. The summed E-state index contributed by atoms with van der Waals surface area (Å²) in [4.78, 5) is 0. The molecule has 0 aliphatic carbocycles. The summed E-state index contributed by atoms with van der Waals surface area (Å²) < 4.78 is 12.6. The standard InChI is InChI=1S/C17H23N3O3.ClH/c1-11(14-4-5-16-17(8-14)23-10-22-16)18-9-15-12(2)19-20(6-7-21)13(15)3;/h4-5,8,11,18,21H,6-7,9-10H2,1-3H3;1H. The summed E-state index contributed by atoms with van der Waals surface area (Å²) in [6.45, 7) is 7.83. The maximum Gasteiger partial charge on any atom is 0.231 e. The van der Waals surface area contributed by atoms with Gasteiger partial charge in [0.15, 0.2) is 11.5 Å². The number of benzene rings is 1. The normalized spacial score (nSPS) is 13.7. The Morgan fingerprint density at radius 1 is 1.29 bits per heavy atom. The summed E-state index contributed by atoms with van der Waals surface area (Å²) in [5.74, 6) is 1.61. The van der Waals surface area contributed by atoms with Crippen molar-refractivity contribution in [2.75, 3.05) is 13.4 Å². The van der Waals surface area contributed by atoms with Crippen LogP contribution < -0.4 is 14.8 Å². The molecule has 0 radical (unpaired) electrons. The number of nitrogens with zero attached hydrogens (tertiary/aromatic N) is 2. The Morgan fingerprint density at radius 2 is 2.04 bits per heavy atom. The summed E-state index contributed by atoms with van der Waals surface area (Å²) in [6, 6.07) is 6.21. The van der Waals surface area contributed by atoms with Gasteiger partial charge < -0.3 is 19.9 Å². The summed E-state index contributed by atoms with van der Waals surface area (Å²) in [5.41, 5.74) is 4.45. The predicted molar refractivity (Wildman–Crippen MR) is 93.9 cm³/mol. The highest BCUT2D eigenvalue weighted by molar-refractivity contribution is 5.85. The third-order valence-electron chi connectivity index (χ3n) is 4.32. The second-order valence-corrected chi connectivity index (χ2v) is 5.81. The maximum absolute atomic E-state index is 9.09. The van der Waals surface area contributed by atoms with Gasteiger partial charge in [0.05, 0.1) is 18.8 Å². The van der Waals surface area contributed by atoms with Crippen molar-refractivity contribution in [1.29, 1.82) is 0 Å². The Balaban J connectivity index is 0.00000208. The van der Waals surface area contributed by atoms with Crippen LogP contribution in [-0.4, -0.2) is 28.3 Å². The minimum absolute atomic E-state index is 0. The van der Waals surface area contributed by atoms with Gasteiger partial charge >= 0.3 is 0 Å². The van der Waals surface area contributed by atoms with Gasteiger partial charge in [0, 0.05) is 23.8 Å². The quantitative estimate of drug-likeness (QED) is 0.835. The van der Waals surface area contributed by atoms with Gasteiger partial charge in [-0.15, -0.1) is 12.4 Å². The van der Waals surface area contributed by atoms with E-state index in [9.17, 15) is 0 Å². The number of nitrogens with one attached hydrogen (secondary N) is 1. The molecule has 7 heteroatoms. The predicted octanol–water partition coefficient (Wildman–Crippen LogP) is 2.49. The summed E-state index contributed by atoms with van der Waals surface area (Å²) in [6.07, 6.45) is 0. The first-order valence-electron chi connectivity index (χ1n) is 7.87. The minimum atomic E-state index is 0. The maximum atomic E-state index is 9.09. The van der Waals surface area contributed by atoms with Gasteiger partial charge in [-0.2, -0.15) is 5.10 Å². The fourth-order valence-electron chi connectivity index (χ4n) is 2.86. The van der Waals surface area contributed by atoms with Crippen LogP contribution in [0.3, 0.4) is 0 Å². The molecule has 0 bridgehead atoms. The second kappa shape index (κ2) is 7.88. The highest BCUT2D eigenvalue weighted by atomic mass is 35.5. The van der Waals surface area contributed by atoms with Crippen LogP contribution in [0.4, 0.5) is 0 Å². The van der Waals surface area contributed by atoms with Crippen molar-refractivity contribution >= 4 is 12.4 Å². The molecule has 1 aromatic heterocycles. The van der Waals surface area contributed by atoms with Gasteiger partial charge in [-0.25, -0.2) is 0 Å². The van der Waals surface area contributed by atoms with Gasteiger partial charge in [-0.1, -0.05) is 6.07 Å². The number of hydrogen-bond acceptors (Lipinski definition) is 5. The van der Waals surface area contributed by atoms with Gasteiger partial charge in [-0.05, 0) is 38.5 Å². The number of aliphatic hydroxyl groups is 1. The SMILES string of the molecule is Cc1nn(CCO)c(C)c1CNC(C)c1ccc2c(c1)OCO2.Cl. The number of aliphatic hydroxyl groups excluding tert-OH is 1. The lowest BCUT2D eigenvalue weighted by molar-refractivity contribution is 0.174. The lowest BCUT2D eigenvalue weighted by atomic mass is 10.1. The van der Waals surface area contributed by atoms with Crippen LogP contribution in [0, 0.1) is 13.8 Å². The molecule has 2 aromatic rings. The highest BCUT2D eigenvalue weighted by Gasteiger charge is 2.17. The third kappa shape index (κ3) is 3.66. The molecule has 1 aromatic carbocycles. The van der Waals surface area contributed by atoms with Crippen molar-refractivity contribution in [3.8, 4) is 11.5 Å². The molecule has 1 atom stereocenters. The zero-order chi connectivity index (χ0) is 16.4. The van der Waals surface area contributed by atoms with Crippen molar-refractivity contribution in [2.45, 2.75) is 39.9 Å². The average molecular weight is 354 g/mol. The zero-order valence-corrected chi connectivity index (χ0v) is 15.0. The Bertz CT molecular complexity index is 703. The van der Waals surface area contributed by atoms with E-state index in [0.29, 0.717) is 13.3 Å². The monoisotopic (exact) mass is 353 g/mol. The second-order valence-electron chi connectivity index (χ2n) is 5.81. The summed E-state index contributed by atoms with van der Waals surface area (Å²) >= 11 is 0. The van der Waals surface area contributed by atoms with Crippen LogP contribution in [0.25, 0.3) is 0 Å². The van der Waals surface area contributed by atoms with Gasteiger partial charge in [0.1, 0.15) is 0 Å². The first-order chi connectivity index (χ1) is 11.1. The third-order valence-corrected chi connectivity index (χ3v) is 4.32. The molecule has 0 fully saturated rings. The van der Waals surface area contributed by atoms with Crippen LogP contribution in [0.2, 0.25) is 0 Å². The first-order valence-corrected chi connectivity index (χ1v) is 7.87. The van der Waals surface area contributed by atoms with E-state index in [1.165, 1.54) is 5.56 Å². The molecule has 132 valence electrons. The van der Waals surface area contributed by atoms with Crippen LogP contribution in [-0.2, 0) is 13.1 Å². The van der Waals surface area contributed by atoms with Gasteiger partial charge in [-0.3, -0.25) is 4.68 Å². The first kappa shape index (κ1) is 18.6. The van der Waals surface area contributed by atoms with E-state index in [0.717, 1.165) is 35.0 Å². The van der Waals surface area contributed by atoms with E-state index < -0.39 is 0 Å². The molecule has 0 saturated heterocycles. The van der Waals surface area contributed by atoms with Crippen molar-refractivity contribution in [2.24, 2.45) is 0 Å². The van der Waals surface area contributed by atoms with E-state index in [-0.39, 0.29) is 25.1 Å². The van der Waals surface area contributed by atoms with Crippen molar-refractivity contribution in [1.82, 2.24) is 15.1 Å². The minimum Gasteiger partial charge on any atom is -0.454 e. The number of halogens is 1. The average Bonchev–Trinajstić information content (AvgIpc) is 3.10. The molecule has 2 heterocycles. The Kier molecular flexibility index (Phi) is 6.10. The van der Waals surface area contributed by atoms with E-state index in [1.807, 2.05) is 30.7 Å². The van der Waals surface area contributed by atoms with Crippen LogP contribution in [0.15, 0.2) is 18.2 Å². The van der Waals surface area contributed by atoms with Crippen LogP contribution in [0.1, 0.15) is 35.5 Å². The largest absolute Gasteiger partial charge is 0.454 e. The van der Waals surface area contributed by atoms with E-state index in [2.05, 4.69) is 23.4 Å². The summed E-state index contributed by atoms with van der Waals surface area (Å²) in [7, 11) is 0. The lowest BCUT2D eigenvalue weighted by Gasteiger charge is -2.15. The number of fused-ring (bicyclic) bond motifs is 1. The van der Waals surface area contributed by atoms with Crippen molar-refractivity contribution < 1.29 is 14.6 Å². The molecule has 1 unspecified atom stereocenters. The number of rotatable bonds is 6. The highest BCUT2D eigenvalue weighted by Crippen LogP contribution is 2.34. The number of aromatic nitrogens is 2. The molecule has 6 nitrogen and oxygen atoms in total. The van der Waals surface area contributed by atoms with Crippen molar-refractivity contribution in [3.05, 3.63) is 40.7 Å². The molecule has 2 N–H and O–H groups in total. The fraction of sp³-hybridized carbons (Fsp3) is 0.471. The van der Waals surface area contributed by atoms with Crippen LogP contribution in [0.5, 0.6) is 11.5 Å². The molecule has 1 aliphatic heterocycles. The number of ether oxygens (including phenoxy) is 2. The van der Waals surface area contributed by atoms with E-state index in [1.54, 1.807) is 0 Å². The molecule has 24 heavy (non-hydrogen) atoms. The smallest absolute Gasteiger partial charge is 0.231 e. The number of hydrogen-bond donors (Lipinski definition) is 2. The van der Waals surface area contributed by atoms with Crippen molar-refractivity contribution in [3.63, 3.8) is 0 Å². The molecule has 0 spiro atoms. The van der Waals surface area contributed by atoms with Crippen LogP contribution >= 0.6 is 12.4 Å². The Hall–Kier alpha value is -1.76.